The second-order valence-corrected chi connectivity index (χ2v) is 14.2. The first-order valence-corrected chi connectivity index (χ1v) is 18.9. The number of aromatic nitrogens is 3. The van der Waals surface area contributed by atoms with Gasteiger partial charge in [-0.15, -0.1) is 0 Å². The Kier molecular flexibility index (Phi) is 7.46. The third kappa shape index (κ3) is 5.31. The van der Waals surface area contributed by atoms with Gasteiger partial charge < -0.3 is 8.98 Å². The Bertz CT molecular complexity index is 3070. The van der Waals surface area contributed by atoms with Crippen molar-refractivity contribution in [2.75, 3.05) is 0 Å². The number of furan rings is 1. The molecular formula is C52H33N3O. The van der Waals surface area contributed by atoms with E-state index in [4.69, 9.17) is 14.4 Å². The fourth-order valence-corrected chi connectivity index (χ4v) is 8.18. The van der Waals surface area contributed by atoms with Crippen molar-refractivity contribution in [2.24, 2.45) is 0 Å². The summed E-state index contributed by atoms with van der Waals surface area (Å²) in [5.74, 6) is 0.683. The van der Waals surface area contributed by atoms with Gasteiger partial charge in [0.05, 0.1) is 28.1 Å². The molecule has 0 unspecified atom stereocenters. The van der Waals surface area contributed by atoms with Crippen molar-refractivity contribution in [2.45, 2.75) is 0 Å². The van der Waals surface area contributed by atoms with Gasteiger partial charge in [0.2, 0.25) is 0 Å². The zero-order valence-electron chi connectivity index (χ0n) is 30.3. The molecule has 3 aromatic heterocycles. The van der Waals surface area contributed by atoms with Crippen LogP contribution < -0.4 is 0 Å². The summed E-state index contributed by atoms with van der Waals surface area (Å²) in [5, 5.41) is 4.44. The van der Waals surface area contributed by atoms with E-state index in [0.29, 0.717) is 5.82 Å². The highest BCUT2D eigenvalue weighted by atomic mass is 16.3. The van der Waals surface area contributed by atoms with Crippen LogP contribution in [0.3, 0.4) is 0 Å². The lowest BCUT2D eigenvalue weighted by Crippen LogP contribution is -1.96. The van der Waals surface area contributed by atoms with Crippen molar-refractivity contribution in [1.29, 1.82) is 0 Å². The highest BCUT2D eigenvalue weighted by molar-refractivity contribution is 6.16. The Morgan fingerprint density at radius 3 is 1.52 bits per heavy atom. The molecule has 0 bridgehead atoms. The minimum absolute atomic E-state index is 0.683. The summed E-state index contributed by atoms with van der Waals surface area (Å²) in [4.78, 5) is 10.2. The Morgan fingerprint density at radius 2 is 0.911 bits per heavy atom. The lowest BCUT2D eigenvalue weighted by Gasteiger charge is -2.11. The van der Waals surface area contributed by atoms with Gasteiger partial charge in [-0.3, -0.25) is 0 Å². The van der Waals surface area contributed by atoms with Gasteiger partial charge in [0.1, 0.15) is 5.58 Å². The van der Waals surface area contributed by atoms with Crippen molar-refractivity contribution in [3.05, 3.63) is 200 Å². The van der Waals surface area contributed by atoms with Crippen LogP contribution in [-0.4, -0.2) is 14.5 Å². The summed E-state index contributed by atoms with van der Waals surface area (Å²) >= 11 is 0. The number of hydrogen-bond donors (Lipinski definition) is 0. The molecule has 0 aliphatic carbocycles. The van der Waals surface area contributed by atoms with Gasteiger partial charge in [0, 0.05) is 38.2 Å². The predicted molar refractivity (Wildman–Crippen MR) is 231 cm³/mol. The van der Waals surface area contributed by atoms with E-state index < -0.39 is 0 Å². The molecule has 4 nitrogen and oxygen atoms in total. The van der Waals surface area contributed by atoms with Crippen LogP contribution in [-0.2, 0) is 0 Å². The minimum Gasteiger partial charge on any atom is -0.454 e. The van der Waals surface area contributed by atoms with E-state index >= 15 is 0 Å². The maximum absolute atomic E-state index is 6.92. The quantitative estimate of drug-likeness (QED) is 0.172. The van der Waals surface area contributed by atoms with Crippen LogP contribution in [0.25, 0.3) is 106 Å². The Labute approximate surface area is 323 Å². The molecule has 0 amide bonds. The second kappa shape index (κ2) is 13.1. The SMILES string of the molecule is c1ccc(-c2ccc3c(c2)c2cc(-c4ccccc4)ccc2n3-c2cccc3c2oc2cccc(-c4cc(-c5ccccc5)nc(-c5ccccc5)n4)c23)cc1. The maximum Gasteiger partial charge on any atom is 0.160 e. The fraction of sp³-hybridized carbons (Fsp3) is 0. The molecule has 0 atom stereocenters. The summed E-state index contributed by atoms with van der Waals surface area (Å²) < 4.78 is 9.28. The largest absolute Gasteiger partial charge is 0.454 e. The van der Waals surface area contributed by atoms with Crippen molar-refractivity contribution >= 4 is 43.7 Å². The van der Waals surface area contributed by atoms with Gasteiger partial charge in [-0.05, 0) is 64.7 Å². The number of rotatable bonds is 6. The van der Waals surface area contributed by atoms with E-state index in [2.05, 4.69) is 168 Å². The highest BCUT2D eigenvalue weighted by Gasteiger charge is 2.21. The first-order chi connectivity index (χ1) is 27.8. The summed E-state index contributed by atoms with van der Waals surface area (Å²) in [6, 6.07) is 70.2. The first-order valence-electron chi connectivity index (χ1n) is 18.9. The molecule has 0 N–H and O–H groups in total. The van der Waals surface area contributed by atoms with E-state index in [1.807, 2.05) is 36.4 Å². The first kappa shape index (κ1) is 31.9. The van der Waals surface area contributed by atoms with E-state index in [-0.39, 0.29) is 0 Å². The third-order valence-electron chi connectivity index (χ3n) is 10.8. The van der Waals surface area contributed by atoms with Gasteiger partial charge in [-0.25, -0.2) is 9.97 Å². The summed E-state index contributed by atoms with van der Waals surface area (Å²) in [6.07, 6.45) is 0. The van der Waals surface area contributed by atoms with E-state index in [0.717, 1.165) is 66.7 Å². The van der Waals surface area contributed by atoms with Crippen LogP contribution in [0.5, 0.6) is 0 Å². The lowest BCUT2D eigenvalue weighted by molar-refractivity contribution is 0.666. The molecule has 3 heterocycles. The number of fused-ring (bicyclic) bond motifs is 6. The molecule has 0 saturated heterocycles. The molecule has 0 saturated carbocycles. The molecule has 0 aliphatic heterocycles. The zero-order chi connectivity index (χ0) is 37.0. The Morgan fingerprint density at radius 1 is 0.375 bits per heavy atom. The van der Waals surface area contributed by atoms with Crippen LogP contribution in [0.4, 0.5) is 0 Å². The number of para-hydroxylation sites is 1. The average Bonchev–Trinajstić information content (AvgIpc) is 3.83. The topological polar surface area (TPSA) is 43.9 Å². The molecule has 0 radical (unpaired) electrons. The molecule has 4 heteroatoms. The van der Waals surface area contributed by atoms with Gasteiger partial charge >= 0.3 is 0 Å². The van der Waals surface area contributed by atoms with Crippen LogP contribution in [0.15, 0.2) is 205 Å². The average molecular weight is 716 g/mol. The van der Waals surface area contributed by atoms with Gasteiger partial charge in [0.15, 0.2) is 11.4 Å². The number of benzene rings is 8. The highest BCUT2D eigenvalue weighted by Crippen LogP contribution is 2.43. The lowest BCUT2D eigenvalue weighted by atomic mass is 10.0. The monoisotopic (exact) mass is 715 g/mol. The predicted octanol–water partition coefficient (Wildman–Crippen LogP) is 13.8. The summed E-state index contributed by atoms with van der Waals surface area (Å²) in [5.41, 5.74) is 14.3. The van der Waals surface area contributed by atoms with Gasteiger partial charge in [0.25, 0.3) is 0 Å². The van der Waals surface area contributed by atoms with Gasteiger partial charge in [-0.1, -0.05) is 158 Å². The van der Waals surface area contributed by atoms with Crippen LogP contribution >= 0.6 is 0 Å². The van der Waals surface area contributed by atoms with Crippen LogP contribution in [0, 0.1) is 0 Å². The van der Waals surface area contributed by atoms with Crippen LogP contribution in [0.1, 0.15) is 0 Å². The van der Waals surface area contributed by atoms with Crippen LogP contribution in [0.2, 0.25) is 0 Å². The second-order valence-electron chi connectivity index (χ2n) is 14.2. The smallest absolute Gasteiger partial charge is 0.160 e. The summed E-state index contributed by atoms with van der Waals surface area (Å²) in [7, 11) is 0. The fourth-order valence-electron chi connectivity index (χ4n) is 8.18. The normalized spacial score (nSPS) is 11.6. The molecule has 0 spiro atoms. The number of hydrogen-bond acceptors (Lipinski definition) is 3. The molecule has 56 heavy (non-hydrogen) atoms. The van der Waals surface area contributed by atoms with E-state index in [1.54, 1.807) is 0 Å². The zero-order valence-corrected chi connectivity index (χ0v) is 30.3. The van der Waals surface area contributed by atoms with Crippen molar-refractivity contribution in [1.82, 2.24) is 14.5 Å². The van der Waals surface area contributed by atoms with Crippen molar-refractivity contribution in [3.8, 4) is 61.8 Å². The van der Waals surface area contributed by atoms with Crippen molar-refractivity contribution < 1.29 is 4.42 Å². The summed E-state index contributed by atoms with van der Waals surface area (Å²) in [6.45, 7) is 0. The Hall–Kier alpha value is -7.56. The van der Waals surface area contributed by atoms with Crippen molar-refractivity contribution in [3.63, 3.8) is 0 Å². The molecular weight excluding hydrogens is 683 g/mol. The van der Waals surface area contributed by atoms with E-state index in [9.17, 15) is 0 Å². The van der Waals surface area contributed by atoms with Gasteiger partial charge in [-0.2, -0.15) is 0 Å². The number of nitrogens with zero attached hydrogens (tertiary/aromatic N) is 3. The Balaban J connectivity index is 1.15. The van der Waals surface area contributed by atoms with E-state index in [1.165, 1.54) is 33.0 Å². The standard InChI is InChI=1S/C52H33N3O/c1-5-15-34(16-6-1)38-27-29-46-42(31-38)43-32-39(35-17-7-2-8-18-35)28-30-47(43)55(46)48-25-13-24-41-50-40(23-14-26-49(50)56-51(41)48)45-33-44(36-19-9-3-10-20-36)53-52(54-45)37-21-11-4-12-22-37/h1-33H. The third-order valence-corrected chi connectivity index (χ3v) is 10.8. The minimum atomic E-state index is 0.683. The molecule has 0 fully saturated rings. The molecule has 8 aromatic carbocycles. The molecule has 262 valence electrons. The molecule has 11 rings (SSSR count). The maximum atomic E-state index is 6.92. The molecule has 0 aliphatic rings. The molecule has 11 aromatic rings.